The van der Waals surface area contributed by atoms with Gasteiger partial charge >= 0.3 is 0 Å². The number of carbonyl (C=O) groups is 1. The number of ether oxygens (including phenoxy) is 1. The lowest BCUT2D eigenvalue weighted by Crippen LogP contribution is -2.42. The molecule has 1 aliphatic heterocycles. The largest absolute Gasteiger partial charge is 0.387 e. The number of nitrogens with zero attached hydrogens (tertiary/aromatic N) is 6. The molecule has 0 saturated carbocycles. The van der Waals surface area contributed by atoms with E-state index in [2.05, 4.69) is 35.6 Å². The van der Waals surface area contributed by atoms with Gasteiger partial charge in [-0.25, -0.2) is 19.3 Å². The molecule has 5 heterocycles. The molecule has 1 fully saturated rings. The van der Waals surface area contributed by atoms with E-state index in [4.69, 9.17) is 16.3 Å². The molecule has 0 spiro atoms. The number of rotatable bonds is 7. The van der Waals surface area contributed by atoms with Gasteiger partial charge in [-0.2, -0.15) is 0 Å². The molecular formula is C23H22ClFN8O4. The van der Waals surface area contributed by atoms with Crippen LogP contribution in [0.2, 0.25) is 5.02 Å². The van der Waals surface area contributed by atoms with Crippen LogP contribution in [0.25, 0.3) is 22.6 Å². The van der Waals surface area contributed by atoms with Gasteiger partial charge in [-0.05, 0) is 25.1 Å². The highest BCUT2D eigenvalue weighted by molar-refractivity contribution is 6.30. The molecule has 14 heteroatoms. The van der Waals surface area contributed by atoms with Gasteiger partial charge < -0.3 is 25.6 Å². The van der Waals surface area contributed by atoms with Crippen molar-refractivity contribution < 1.29 is 24.1 Å². The molecular weight excluding hydrogens is 507 g/mol. The van der Waals surface area contributed by atoms with Crippen LogP contribution in [0.15, 0.2) is 43.1 Å². The lowest BCUT2D eigenvalue weighted by molar-refractivity contribution is -0.137. The number of hydrogen-bond acceptors (Lipinski definition) is 10. The molecule has 4 atom stereocenters. The lowest BCUT2D eigenvalue weighted by Gasteiger charge is -2.17. The fourth-order valence-corrected chi connectivity index (χ4v) is 4.17. The van der Waals surface area contributed by atoms with Crippen molar-refractivity contribution in [2.24, 2.45) is 0 Å². The molecule has 192 valence electrons. The number of anilines is 1. The Labute approximate surface area is 214 Å². The minimum Gasteiger partial charge on any atom is -0.387 e. The summed E-state index contributed by atoms with van der Waals surface area (Å²) in [7, 11) is 0. The van der Waals surface area contributed by atoms with Gasteiger partial charge in [0.1, 0.15) is 18.0 Å². The third-order valence-electron chi connectivity index (χ3n) is 5.72. The van der Waals surface area contributed by atoms with Gasteiger partial charge in [-0.3, -0.25) is 19.3 Å². The molecule has 0 aliphatic carbocycles. The number of aromatic nitrogens is 6. The number of aliphatic hydroxyl groups excluding tert-OH is 2. The van der Waals surface area contributed by atoms with E-state index in [1.807, 2.05) is 0 Å². The van der Waals surface area contributed by atoms with Crippen LogP contribution in [0, 0.1) is 5.82 Å². The molecule has 37 heavy (non-hydrogen) atoms. The zero-order valence-electron chi connectivity index (χ0n) is 19.4. The van der Waals surface area contributed by atoms with Crippen molar-refractivity contribution in [1.29, 1.82) is 0 Å². The molecule has 0 unspecified atom stereocenters. The van der Waals surface area contributed by atoms with E-state index in [1.54, 1.807) is 25.3 Å². The molecule has 4 N–H and O–H groups in total. The van der Waals surface area contributed by atoms with Crippen LogP contribution in [0.3, 0.4) is 0 Å². The SMILES string of the molecule is CCNC(=O)[C@H]1O[C@@H](n2cnc3c(NCc4cc(Cl)ccn4)nc(-c4cncc(F)c4)nc32)[C@H](O)[C@@H]1O. The van der Waals surface area contributed by atoms with Crippen LogP contribution in [0.4, 0.5) is 10.2 Å². The highest BCUT2D eigenvalue weighted by atomic mass is 35.5. The second-order valence-corrected chi connectivity index (χ2v) is 8.69. The fraction of sp³-hybridized carbons (Fsp3) is 0.304. The molecule has 0 radical (unpaired) electrons. The Balaban J connectivity index is 1.56. The van der Waals surface area contributed by atoms with Crippen LogP contribution in [0.1, 0.15) is 18.8 Å². The summed E-state index contributed by atoms with van der Waals surface area (Å²) in [5.74, 6) is -0.720. The highest BCUT2D eigenvalue weighted by Crippen LogP contribution is 2.33. The first kappa shape index (κ1) is 24.9. The zero-order chi connectivity index (χ0) is 26.1. The van der Waals surface area contributed by atoms with Gasteiger partial charge in [0, 0.05) is 29.5 Å². The minimum absolute atomic E-state index is 0.121. The second kappa shape index (κ2) is 10.3. The number of imidazole rings is 1. The maximum absolute atomic E-state index is 13.9. The quantitative estimate of drug-likeness (QED) is 0.276. The van der Waals surface area contributed by atoms with E-state index in [0.29, 0.717) is 28.3 Å². The summed E-state index contributed by atoms with van der Waals surface area (Å²) in [6, 6.07) is 4.57. The van der Waals surface area contributed by atoms with Crippen molar-refractivity contribution >= 4 is 34.5 Å². The Morgan fingerprint density at radius 1 is 1.22 bits per heavy atom. The van der Waals surface area contributed by atoms with E-state index in [-0.39, 0.29) is 23.8 Å². The number of carbonyl (C=O) groups excluding carboxylic acids is 1. The summed E-state index contributed by atoms with van der Waals surface area (Å²) < 4.78 is 21.0. The summed E-state index contributed by atoms with van der Waals surface area (Å²) in [6.45, 7) is 2.29. The zero-order valence-corrected chi connectivity index (χ0v) is 20.2. The lowest BCUT2D eigenvalue weighted by atomic mass is 10.1. The Morgan fingerprint density at radius 2 is 2.05 bits per heavy atom. The van der Waals surface area contributed by atoms with Crippen molar-refractivity contribution in [2.75, 3.05) is 11.9 Å². The first-order valence-corrected chi connectivity index (χ1v) is 11.7. The third-order valence-corrected chi connectivity index (χ3v) is 5.96. The maximum atomic E-state index is 13.9. The molecule has 1 aliphatic rings. The van der Waals surface area contributed by atoms with Crippen molar-refractivity contribution in [2.45, 2.75) is 38.0 Å². The van der Waals surface area contributed by atoms with E-state index < -0.39 is 36.3 Å². The summed E-state index contributed by atoms with van der Waals surface area (Å²) >= 11 is 6.06. The van der Waals surface area contributed by atoms with Crippen molar-refractivity contribution in [1.82, 2.24) is 34.8 Å². The molecule has 12 nitrogen and oxygen atoms in total. The molecule has 0 aromatic carbocycles. The number of amides is 1. The van der Waals surface area contributed by atoms with Gasteiger partial charge in [0.05, 0.1) is 24.8 Å². The van der Waals surface area contributed by atoms with Gasteiger partial charge in [-0.15, -0.1) is 0 Å². The third kappa shape index (κ3) is 4.93. The molecule has 4 aromatic heterocycles. The monoisotopic (exact) mass is 528 g/mol. The van der Waals surface area contributed by atoms with Gasteiger partial charge in [-0.1, -0.05) is 11.6 Å². The summed E-state index contributed by atoms with van der Waals surface area (Å²) in [5, 5.41) is 27.4. The number of pyridine rings is 2. The van der Waals surface area contributed by atoms with E-state index in [0.717, 1.165) is 6.20 Å². The first-order valence-electron chi connectivity index (χ1n) is 11.3. The number of likely N-dealkylation sites (N-methyl/N-ethyl adjacent to an activating group) is 1. The van der Waals surface area contributed by atoms with Crippen molar-refractivity contribution in [3.63, 3.8) is 0 Å². The predicted molar refractivity (Wildman–Crippen MR) is 130 cm³/mol. The second-order valence-electron chi connectivity index (χ2n) is 8.25. The molecule has 1 saturated heterocycles. The molecule has 1 amide bonds. The Bertz CT molecular complexity index is 1450. The number of fused-ring (bicyclic) bond motifs is 1. The first-order chi connectivity index (χ1) is 17.9. The summed E-state index contributed by atoms with van der Waals surface area (Å²) in [5.41, 5.74) is 1.45. The Hall–Kier alpha value is -3.78. The van der Waals surface area contributed by atoms with Crippen LogP contribution in [0.5, 0.6) is 0 Å². The van der Waals surface area contributed by atoms with Crippen LogP contribution < -0.4 is 10.6 Å². The smallest absolute Gasteiger partial charge is 0.252 e. The number of halogens is 2. The number of hydrogen-bond donors (Lipinski definition) is 4. The van der Waals surface area contributed by atoms with Crippen LogP contribution in [-0.2, 0) is 16.1 Å². The highest BCUT2D eigenvalue weighted by Gasteiger charge is 2.47. The predicted octanol–water partition coefficient (Wildman–Crippen LogP) is 1.44. The van der Waals surface area contributed by atoms with Gasteiger partial charge in [0.25, 0.3) is 5.91 Å². The minimum atomic E-state index is -1.48. The Kier molecular flexibility index (Phi) is 6.93. The van der Waals surface area contributed by atoms with Crippen LogP contribution in [-0.4, -0.2) is 70.5 Å². The van der Waals surface area contributed by atoms with Crippen molar-refractivity contribution in [3.05, 3.63) is 59.7 Å². The normalized spacial score (nSPS) is 21.3. The van der Waals surface area contributed by atoms with Gasteiger partial charge in [0.2, 0.25) is 0 Å². The number of aliphatic hydroxyl groups is 2. The van der Waals surface area contributed by atoms with Gasteiger partial charge in [0.15, 0.2) is 35.1 Å². The topological polar surface area (TPSA) is 160 Å². The number of nitrogens with one attached hydrogen (secondary N) is 2. The average Bonchev–Trinajstić information content (AvgIpc) is 3.43. The fourth-order valence-electron chi connectivity index (χ4n) is 3.99. The van der Waals surface area contributed by atoms with E-state index in [1.165, 1.54) is 23.2 Å². The van der Waals surface area contributed by atoms with Crippen LogP contribution >= 0.6 is 11.6 Å². The molecule has 0 bridgehead atoms. The maximum Gasteiger partial charge on any atom is 0.252 e. The molecule has 5 rings (SSSR count). The standard InChI is InChI=1S/C23H22ClFN8O4/c1-2-27-22(36)18-16(34)17(35)23(37-18)33-10-30-15-20(29-9-14-6-12(24)3-4-28-14)31-19(32-21(15)33)11-5-13(25)8-26-7-11/h3-8,10,16-18,23,34-35H,2,9H2,1H3,(H,27,36)(H,29,31,32)/t16-,17+,18-,23+/m0/s1. The Morgan fingerprint density at radius 3 is 2.81 bits per heavy atom. The average molecular weight is 529 g/mol. The van der Waals surface area contributed by atoms with E-state index in [9.17, 15) is 19.4 Å². The summed E-state index contributed by atoms with van der Waals surface area (Å²) in [6.07, 6.45) is -0.00832. The molecule has 4 aromatic rings. The van der Waals surface area contributed by atoms with E-state index >= 15 is 0 Å². The summed E-state index contributed by atoms with van der Waals surface area (Å²) in [4.78, 5) is 33.9. The van der Waals surface area contributed by atoms with Crippen molar-refractivity contribution in [3.8, 4) is 11.4 Å².